The number of carbonyl (C=O) groups is 2. The first-order chi connectivity index (χ1) is 14.0. The molecule has 0 aliphatic carbocycles. The lowest BCUT2D eigenvalue weighted by atomic mass is 10.1. The van der Waals surface area contributed by atoms with Crippen LogP contribution in [0.1, 0.15) is 17.3 Å². The summed E-state index contributed by atoms with van der Waals surface area (Å²) in [7, 11) is 1.59. The van der Waals surface area contributed by atoms with E-state index >= 15 is 0 Å². The van der Waals surface area contributed by atoms with Gasteiger partial charge in [-0.25, -0.2) is 4.98 Å². The first kappa shape index (κ1) is 18.5. The predicted molar refractivity (Wildman–Crippen MR) is 109 cm³/mol. The van der Waals surface area contributed by atoms with Crippen LogP contribution >= 0.6 is 0 Å². The highest BCUT2D eigenvalue weighted by molar-refractivity contribution is 6.10. The van der Waals surface area contributed by atoms with Crippen LogP contribution in [0.5, 0.6) is 11.5 Å². The van der Waals surface area contributed by atoms with Crippen molar-refractivity contribution in [2.24, 2.45) is 0 Å². The van der Waals surface area contributed by atoms with E-state index in [0.717, 1.165) is 5.56 Å². The number of aromatic nitrogens is 1. The maximum atomic E-state index is 12.9. The van der Waals surface area contributed by atoms with E-state index in [1.807, 2.05) is 30.3 Å². The molecule has 1 aliphatic heterocycles. The van der Waals surface area contributed by atoms with E-state index in [2.05, 4.69) is 10.3 Å². The summed E-state index contributed by atoms with van der Waals surface area (Å²) in [4.78, 5) is 30.9. The molecule has 7 nitrogen and oxygen atoms in total. The van der Waals surface area contributed by atoms with Crippen molar-refractivity contribution in [3.63, 3.8) is 0 Å². The maximum Gasteiger partial charge on any atom is 0.259 e. The number of benzene rings is 2. The van der Waals surface area contributed by atoms with Gasteiger partial charge in [0, 0.05) is 31.3 Å². The van der Waals surface area contributed by atoms with Crippen LogP contribution in [0.4, 0.5) is 11.5 Å². The van der Waals surface area contributed by atoms with E-state index in [9.17, 15) is 9.59 Å². The van der Waals surface area contributed by atoms with Gasteiger partial charge in [0.1, 0.15) is 5.82 Å². The summed E-state index contributed by atoms with van der Waals surface area (Å²) in [6.45, 7) is 1.58. The molecule has 146 valence electrons. The summed E-state index contributed by atoms with van der Waals surface area (Å²) in [5, 5.41) is 2.83. The molecule has 1 aliphatic rings. The number of carbonyl (C=O) groups excluding carboxylic acids is 2. The fourth-order valence-electron chi connectivity index (χ4n) is 2.97. The van der Waals surface area contributed by atoms with Crippen LogP contribution in [-0.2, 0) is 4.79 Å². The number of nitrogens with one attached hydrogen (secondary N) is 1. The molecule has 2 aromatic carbocycles. The van der Waals surface area contributed by atoms with Crippen molar-refractivity contribution in [2.75, 3.05) is 24.1 Å². The van der Waals surface area contributed by atoms with Gasteiger partial charge in [0.15, 0.2) is 11.5 Å². The van der Waals surface area contributed by atoms with E-state index in [-0.39, 0.29) is 24.4 Å². The monoisotopic (exact) mass is 389 g/mol. The molecule has 0 radical (unpaired) electrons. The molecule has 1 aromatic heterocycles. The van der Waals surface area contributed by atoms with Gasteiger partial charge in [-0.1, -0.05) is 30.3 Å². The molecule has 0 saturated carbocycles. The summed E-state index contributed by atoms with van der Waals surface area (Å²) in [5.41, 5.74) is 2.42. The van der Waals surface area contributed by atoms with Gasteiger partial charge in [0.2, 0.25) is 12.7 Å². The Morgan fingerprint density at radius 3 is 2.52 bits per heavy atom. The van der Waals surface area contributed by atoms with Crippen molar-refractivity contribution in [1.29, 1.82) is 0 Å². The lowest BCUT2D eigenvalue weighted by molar-refractivity contribution is -0.116. The first-order valence-electron chi connectivity index (χ1n) is 9.04. The van der Waals surface area contributed by atoms with E-state index < -0.39 is 0 Å². The Kier molecular flexibility index (Phi) is 4.87. The van der Waals surface area contributed by atoms with Crippen molar-refractivity contribution < 1.29 is 19.1 Å². The average Bonchev–Trinajstić information content (AvgIpc) is 3.21. The van der Waals surface area contributed by atoms with Gasteiger partial charge in [-0.3, -0.25) is 14.5 Å². The number of amides is 2. The number of hydrogen-bond donors (Lipinski definition) is 1. The third-order valence-electron chi connectivity index (χ3n) is 4.61. The Labute approximate surface area is 167 Å². The van der Waals surface area contributed by atoms with Crippen molar-refractivity contribution in [3.8, 4) is 22.8 Å². The van der Waals surface area contributed by atoms with Crippen LogP contribution < -0.4 is 19.7 Å². The number of ether oxygens (including phenoxy) is 2. The van der Waals surface area contributed by atoms with Crippen LogP contribution in [0.25, 0.3) is 11.3 Å². The van der Waals surface area contributed by atoms with Gasteiger partial charge >= 0.3 is 0 Å². The molecule has 2 amide bonds. The van der Waals surface area contributed by atoms with Gasteiger partial charge < -0.3 is 14.8 Å². The van der Waals surface area contributed by atoms with Gasteiger partial charge in [-0.15, -0.1) is 0 Å². The molecule has 0 atom stereocenters. The van der Waals surface area contributed by atoms with Crippen molar-refractivity contribution >= 4 is 23.3 Å². The zero-order valence-electron chi connectivity index (χ0n) is 16.0. The molecule has 1 N–H and O–H groups in total. The average molecular weight is 389 g/mol. The second-order valence-corrected chi connectivity index (χ2v) is 6.53. The summed E-state index contributed by atoms with van der Waals surface area (Å²) in [5.74, 6) is 0.895. The second-order valence-electron chi connectivity index (χ2n) is 6.53. The summed E-state index contributed by atoms with van der Waals surface area (Å²) in [6.07, 6.45) is 0. The lowest BCUT2D eigenvalue weighted by Crippen LogP contribution is -2.27. The molecular formula is C22H19N3O4. The third kappa shape index (κ3) is 3.75. The number of fused-ring (bicyclic) bond motifs is 1. The molecule has 0 unspecified atom stereocenters. The molecule has 2 heterocycles. The predicted octanol–water partition coefficient (Wildman–Crippen LogP) is 3.71. The van der Waals surface area contributed by atoms with Crippen molar-refractivity contribution in [3.05, 3.63) is 66.2 Å². The molecule has 7 heteroatoms. The first-order valence-corrected chi connectivity index (χ1v) is 9.04. The Bertz CT molecular complexity index is 1080. The Morgan fingerprint density at radius 1 is 1.00 bits per heavy atom. The van der Waals surface area contributed by atoms with Crippen LogP contribution in [0.2, 0.25) is 0 Å². The minimum absolute atomic E-state index is 0.158. The minimum Gasteiger partial charge on any atom is -0.454 e. The van der Waals surface area contributed by atoms with Crippen LogP contribution in [-0.4, -0.2) is 30.6 Å². The fourth-order valence-corrected chi connectivity index (χ4v) is 2.97. The Morgan fingerprint density at radius 2 is 1.76 bits per heavy atom. The van der Waals surface area contributed by atoms with Crippen LogP contribution in [0.15, 0.2) is 60.7 Å². The number of rotatable bonds is 4. The second kappa shape index (κ2) is 7.63. The van der Waals surface area contributed by atoms with Gasteiger partial charge in [0.05, 0.1) is 11.3 Å². The van der Waals surface area contributed by atoms with Gasteiger partial charge in [0.25, 0.3) is 5.91 Å². The van der Waals surface area contributed by atoms with E-state index in [1.165, 1.54) is 11.8 Å². The summed E-state index contributed by atoms with van der Waals surface area (Å²) < 4.78 is 10.6. The normalized spacial score (nSPS) is 11.8. The number of nitrogens with zero attached hydrogens (tertiary/aromatic N) is 2. The third-order valence-corrected chi connectivity index (χ3v) is 4.61. The summed E-state index contributed by atoms with van der Waals surface area (Å²) in [6, 6.07) is 18.2. The van der Waals surface area contributed by atoms with Gasteiger partial charge in [-0.05, 0) is 24.3 Å². The smallest absolute Gasteiger partial charge is 0.259 e. The lowest BCUT2D eigenvalue weighted by Gasteiger charge is -2.19. The molecule has 0 saturated heterocycles. The highest BCUT2D eigenvalue weighted by Crippen LogP contribution is 2.34. The highest BCUT2D eigenvalue weighted by Gasteiger charge is 2.21. The Balaban J connectivity index is 1.68. The van der Waals surface area contributed by atoms with Crippen molar-refractivity contribution in [2.45, 2.75) is 6.92 Å². The zero-order chi connectivity index (χ0) is 20.4. The molecular weight excluding hydrogens is 370 g/mol. The molecule has 0 fully saturated rings. The molecule has 3 aromatic rings. The molecule has 0 spiro atoms. The SMILES string of the molecule is CC(=O)N(C)c1nc(-c2ccccc2)ccc1C(=O)Nc1ccc2c(c1)OCO2. The molecule has 0 bridgehead atoms. The quantitative estimate of drug-likeness (QED) is 0.736. The number of pyridine rings is 1. The zero-order valence-corrected chi connectivity index (χ0v) is 16.0. The number of hydrogen-bond acceptors (Lipinski definition) is 5. The summed E-state index contributed by atoms with van der Waals surface area (Å²) >= 11 is 0. The fraction of sp³-hybridized carbons (Fsp3) is 0.136. The highest BCUT2D eigenvalue weighted by atomic mass is 16.7. The minimum atomic E-state index is -0.376. The topological polar surface area (TPSA) is 80.8 Å². The maximum absolute atomic E-state index is 12.9. The van der Waals surface area contributed by atoms with E-state index in [0.29, 0.717) is 28.4 Å². The van der Waals surface area contributed by atoms with Crippen molar-refractivity contribution in [1.82, 2.24) is 4.98 Å². The standard InChI is InChI=1S/C22H19N3O4/c1-14(26)25(2)21-17(9-10-18(24-21)15-6-4-3-5-7-15)22(27)23-16-8-11-19-20(12-16)29-13-28-19/h3-12H,13H2,1-2H3,(H,23,27). The van der Waals surface area contributed by atoms with Crippen LogP contribution in [0.3, 0.4) is 0 Å². The largest absolute Gasteiger partial charge is 0.454 e. The van der Waals surface area contributed by atoms with E-state index in [1.54, 1.807) is 37.4 Å². The van der Waals surface area contributed by atoms with Gasteiger partial charge in [-0.2, -0.15) is 0 Å². The number of anilines is 2. The molecule has 29 heavy (non-hydrogen) atoms. The van der Waals surface area contributed by atoms with Crippen LogP contribution in [0, 0.1) is 0 Å². The van der Waals surface area contributed by atoms with E-state index in [4.69, 9.17) is 9.47 Å². The molecule has 4 rings (SSSR count). The Hall–Kier alpha value is -3.87.